The van der Waals surface area contributed by atoms with Gasteiger partial charge < -0.3 is 19.5 Å². The van der Waals surface area contributed by atoms with Gasteiger partial charge in [0.25, 0.3) is 11.8 Å². The van der Waals surface area contributed by atoms with Gasteiger partial charge in [0.05, 0.1) is 27.8 Å². The Kier molecular flexibility index (Phi) is 11.7. The summed E-state index contributed by atoms with van der Waals surface area (Å²) >= 11 is 12.6. The van der Waals surface area contributed by atoms with Crippen LogP contribution in [0.25, 0.3) is 11.3 Å². The average molecular weight is 664 g/mol. The molecule has 0 aliphatic carbocycles. The van der Waals surface area contributed by atoms with Gasteiger partial charge in [-0.3, -0.25) is 19.2 Å². The molecule has 2 atom stereocenters. The Morgan fingerprint density at radius 2 is 1.50 bits per heavy atom. The first-order valence-corrected chi connectivity index (χ1v) is 15.7. The van der Waals surface area contributed by atoms with Gasteiger partial charge in [0, 0.05) is 19.2 Å². The standard InChI is InChI=1S/C35H36Cl2N4O5/c1-5-27(32(43)34-38-19-28(46-34)30-25(36)17-12-18-26(30)37)40(4)29(42)21-41(20-23-13-8-6-9-14-23)35(45)31(22(2)3)39-33(44)24-15-10-7-11-16-24/h6-19,22,27,31H,5,20-21H2,1-4H3,(H,39,44). The smallest absolute Gasteiger partial charge is 0.265 e. The molecule has 0 fully saturated rings. The van der Waals surface area contributed by atoms with Crippen LogP contribution >= 0.6 is 23.2 Å². The lowest BCUT2D eigenvalue weighted by Crippen LogP contribution is -2.54. The normalized spacial score (nSPS) is 12.3. The number of oxazole rings is 1. The van der Waals surface area contributed by atoms with Gasteiger partial charge in [-0.25, -0.2) is 4.98 Å². The zero-order valence-electron chi connectivity index (χ0n) is 26.1. The number of Topliss-reactive ketones (excluding diaryl/α,β-unsaturated/α-hetero) is 1. The molecule has 9 nitrogen and oxygen atoms in total. The van der Waals surface area contributed by atoms with Gasteiger partial charge >= 0.3 is 0 Å². The predicted molar refractivity (Wildman–Crippen MR) is 178 cm³/mol. The van der Waals surface area contributed by atoms with Crippen LogP contribution in [0, 0.1) is 5.92 Å². The molecule has 0 bridgehead atoms. The molecule has 1 aromatic heterocycles. The Balaban J connectivity index is 1.55. The van der Waals surface area contributed by atoms with Crippen molar-refractivity contribution in [2.75, 3.05) is 13.6 Å². The summed E-state index contributed by atoms with van der Waals surface area (Å²) in [6.45, 7) is 5.21. The number of likely N-dealkylation sites (N-methyl/N-ethyl adjacent to an activating group) is 1. The number of hydrogen-bond donors (Lipinski definition) is 1. The number of amides is 3. The highest BCUT2D eigenvalue weighted by Gasteiger charge is 2.34. The Morgan fingerprint density at radius 1 is 0.891 bits per heavy atom. The molecule has 0 aliphatic rings. The third-order valence-electron chi connectivity index (χ3n) is 7.59. The van der Waals surface area contributed by atoms with E-state index in [1.54, 1.807) is 55.5 Å². The zero-order chi connectivity index (χ0) is 33.4. The lowest BCUT2D eigenvalue weighted by molar-refractivity contribution is -0.142. The van der Waals surface area contributed by atoms with Crippen LogP contribution in [0.3, 0.4) is 0 Å². The minimum atomic E-state index is -0.923. The van der Waals surface area contributed by atoms with Gasteiger partial charge in [-0.2, -0.15) is 0 Å². The van der Waals surface area contributed by atoms with E-state index in [1.165, 1.54) is 23.0 Å². The quantitative estimate of drug-likeness (QED) is 0.162. The van der Waals surface area contributed by atoms with Crippen molar-refractivity contribution in [3.63, 3.8) is 0 Å². The van der Waals surface area contributed by atoms with E-state index in [9.17, 15) is 19.2 Å². The number of nitrogens with zero attached hydrogens (tertiary/aromatic N) is 3. The Morgan fingerprint density at radius 3 is 2.09 bits per heavy atom. The lowest BCUT2D eigenvalue weighted by atomic mass is 10.0. The van der Waals surface area contributed by atoms with Crippen molar-refractivity contribution in [3.05, 3.63) is 112 Å². The molecule has 3 aromatic carbocycles. The van der Waals surface area contributed by atoms with Crippen LogP contribution < -0.4 is 5.32 Å². The van der Waals surface area contributed by atoms with E-state index in [0.29, 0.717) is 21.2 Å². The van der Waals surface area contributed by atoms with Gasteiger partial charge in [0.1, 0.15) is 12.6 Å². The number of halogens is 2. The molecule has 3 amide bonds. The van der Waals surface area contributed by atoms with Gasteiger partial charge in [-0.1, -0.05) is 98.6 Å². The molecule has 0 aliphatic heterocycles. The second kappa shape index (κ2) is 15.7. The van der Waals surface area contributed by atoms with Gasteiger partial charge in [0.15, 0.2) is 5.76 Å². The monoisotopic (exact) mass is 662 g/mol. The molecule has 0 saturated heterocycles. The lowest BCUT2D eigenvalue weighted by Gasteiger charge is -2.32. The van der Waals surface area contributed by atoms with E-state index >= 15 is 0 Å². The number of carbonyl (C=O) groups is 4. The summed E-state index contributed by atoms with van der Waals surface area (Å²) in [5.41, 5.74) is 1.63. The van der Waals surface area contributed by atoms with E-state index < -0.39 is 35.6 Å². The molecule has 0 radical (unpaired) electrons. The first kappa shape index (κ1) is 34.4. The van der Waals surface area contributed by atoms with Crippen molar-refractivity contribution in [2.45, 2.75) is 45.8 Å². The van der Waals surface area contributed by atoms with Crippen molar-refractivity contribution >= 4 is 46.7 Å². The molecule has 4 aromatic rings. The van der Waals surface area contributed by atoms with Crippen molar-refractivity contribution in [1.29, 1.82) is 0 Å². The highest BCUT2D eigenvalue weighted by Crippen LogP contribution is 2.35. The molecule has 0 spiro atoms. The third-order valence-corrected chi connectivity index (χ3v) is 8.22. The number of aromatic nitrogens is 1. The maximum absolute atomic E-state index is 14.0. The molecule has 1 N–H and O–H groups in total. The van der Waals surface area contributed by atoms with Crippen LogP contribution in [0.5, 0.6) is 0 Å². The van der Waals surface area contributed by atoms with Crippen molar-refractivity contribution < 1.29 is 23.6 Å². The first-order chi connectivity index (χ1) is 22.0. The summed E-state index contributed by atoms with van der Waals surface area (Å²) in [7, 11) is 1.51. The second-order valence-corrected chi connectivity index (χ2v) is 12.0. The van der Waals surface area contributed by atoms with Crippen LogP contribution in [0.1, 0.15) is 53.8 Å². The number of ketones is 1. The summed E-state index contributed by atoms with van der Waals surface area (Å²) in [6, 6.07) is 21.0. The number of carbonyl (C=O) groups excluding carboxylic acids is 4. The SMILES string of the molecule is CCC(C(=O)c1ncc(-c2c(Cl)cccc2Cl)o1)N(C)C(=O)CN(Cc1ccccc1)C(=O)C(NC(=O)c1ccccc1)C(C)C. The van der Waals surface area contributed by atoms with Crippen LogP contribution in [0.4, 0.5) is 0 Å². The van der Waals surface area contributed by atoms with Gasteiger partial charge in [-0.15, -0.1) is 0 Å². The van der Waals surface area contributed by atoms with Crippen LogP contribution in [-0.2, 0) is 16.1 Å². The van der Waals surface area contributed by atoms with Crippen molar-refractivity contribution in [3.8, 4) is 11.3 Å². The Labute approximate surface area is 278 Å². The number of rotatable bonds is 13. The fraction of sp³-hybridized carbons (Fsp3) is 0.286. The van der Waals surface area contributed by atoms with E-state index in [2.05, 4.69) is 10.3 Å². The first-order valence-electron chi connectivity index (χ1n) is 14.9. The fourth-order valence-corrected chi connectivity index (χ4v) is 5.59. The maximum Gasteiger partial charge on any atom is 0.265 e. The number of hydrogen-bond acceptors (Lipinski definition) is 6. The predicted octanol–water partition coefficient (Wildman–Crippen LogP) is 6.55. The summed E-state index contributed by atoms with van der Waals surface area (Å²) in [4.78, 5) is 61.2. The third kappa shape index (κ3) is 8.21. The maximum atomic E-state index is 14.0. The van der Waals surface area contributed by atoms with E-state index in [0.717, 1.165) is 5.56 Å². The van der Waals surface area contributed by atoms with Crippen LogP contribution in [0.2, 0.25) is 10.0 Å². The largest absolute Gasteiger partial charge is 0.434 e. The van der Waals surface area contributed by atoms with Crippen LogP contribution in [-0.4, -0.2) is 64.0 Å². The Hall–Kier alpha value is -4.47. The number of nitrogens with one attached hydrogen (secondary N) is 1. The van der Waals surface area contributed by atoms with Gasteiger partial charge in [0.2, 0.25) is 17.6 Å². The van der Waals surface area contributed by atoms with Crippen LogP contribution in [0.15, 0.2) is 89.5 Å². The topological polar surface area (TPSA) is 113 Å². The molecule has 1 heterocycles. The van der Waals surface area contributed by atoms with E-state index in [1.807, 2.05) is 44.2 Å². The molecule has 0 saturated carbocycles. The second-order valence-electron chi connectivity index (χ2n) is 11.2. The molecule has 240 valence electrons. The molecular weight excluding hydrogens is 627 g/mol. The highest BCUT2D eigenvalue weighted by atomic mass is 35.5. The van der Waals surface area contributed by atoms with E-state index in [4.69, 9.17) is 27.6 Å². The fourth-order valence-electron chi connectivity index (χ4n) is 5.00. The summed E-state index contributed by atoms with van der Waals surface area (Å²) in [5, 5.41) is 3.53. The molecular formula is C35H36Cl2N4O5. The van der Waals surface area contributed by atoms with Crippen molar-refractivity contribution in [1.82, 2.24) is 20.1 Å². The Bertz CT molecular complexity index is 1660. The zero-order valence-corrected chi connectivity index (χ0v) is 27.6. The summed E-state index contributed by atoms with van der Waals surface area (Å²) in [6.07, 6.45) is 1.63. The molecule has 4 rings (SSSR count). The minimum absolute atomic E-state index is 0.121. The molecule has 2 unspecified atom stereocenters. The molecule has 46 heavy (non-hydrogen) atoms. The highest BCUT2D eigenvalue weighted by molar-refractivity contribution is 6.39. The van der Waals surface area contributed by atoms with Gasteiger partial charge in [-0.05, 0) is 42.2 Å². The van der Waals surface area contributed by atoms with Crippen molar-refractivity contribution in [2.24, 2.45) is 5.92 Å². The molecule has 11 heteroatoms. The van der Waals surface area contributed by atoms with E-state index in [-0.39, 0.29) is 37.1 Å². The minimum Gasteiger partial charge on any atom is -0.434 e. The number of benzene rings is 3. The summed E-state index contributed by atoms with van der Waals surface area (Å²) < 4.78 is 5.76. The average Bonchev–Trinajstić information content (AvgIpc) is 3.53. The summed E-state index contributed by atoms with van der Waals surface area (Å²) in [5.74, 6) is -2.04.